The second-order valence-electron chi connectivity index (χ2n) is 8.23. The Bertz CT molecular complexity index is 1200. The number of carbonyl (C=O) groups excluding carboxylic acids is 3. The first-order valence-electron chi connectivity index (χ1n) is 10.4. The van der Waals surface area contributed by atoms with E-state index in [1.54, 1.807) is 32.2 Å². The van der Waals surface area contributed by atoms with Crippen molar-refractivity contribution in [1.29, 1.82) is 0 Å². The Morgan fingerprint density at radius 3 is 2.38 bits per heavy atom. The minimum atomic E-state index is -1.54. The maximum atomic E-state index is 13.8. The quantitative estimate of drug-likeness (QED) is 0.701. The van der Waals surface area contributed by atoms with Gasteiger partial charge in [-0.15, -0.1) is 0 Å². The molecule has 0 bridgehead atoms. The summed E-state index contributed by atoms with van der Waals surface area (Å²) < 4.78 is 5.73. The normalized spacial score (nSPS) is 26.5. The highest BCUT2D eigenvalue weighted by molar-refractivity contribution is 6.27. The Morgan fingerprint density at radius 2 is 1.66 bits per heavy atom. The Kier molecular flexibility index (Phi) is 4.36. The summed E-state index contributed by atoms with van der Waals surface area (Å²) in [6.45, 7) is 1.92. The molecule has 5 rings (SSSR count). The zero-order valence-corrected chi connectivity index (χ0v) is 18.1. The summed E-state index contributed by atoms with van der Waals surface area (Å²) in [5.74, 6) is -2.54. The Hall–Kier alpha value is -3.71. The van der Waals surface area contributed by atoms with Gasteiger partial charge < -0.3 is 9.64 Å². The van der Waals surface area contributed by atoms with E-state index < -0.39 is 17.2 Å². The van der Waals surface area contributed by atoms with Crippen molar-refractivity contribution < 1.29 is 19.1 Å². The third-order valence-electron chi connectivity index (χ3n) is 6.63. The van der Waals surface area contributed by atoms with E-state index in [0.29, 0.717) is 11.3 Å². The van der Waals surface area contributed by atoms with Gasteiger partial charge in [0.1, 0.15) is 5.70 Å². The lowest BCUT2D eigenvalue weighted by atomic mass is 9.81. The van der Waals surface area contributed by atoms with Gasteiger partial charge in [-0.25, -0.2) is 0 Å². The summed E-state index contributed by atoms with van der Waals surface area (Å²) in [7, 11) is 3.10. The number of hydrogen-bond acceptors (Lipinski definition) is 4. The van der Waals surface area contributed by atoms with Gasteiger partial charge in [0.05, 0.1) is 0 Å². The minimum absolute atomic E-state index is 0.172. The predicted octanol–water partition coefficient (Wildman–Crippen LogP) is 2.50. The molecule has 0 radical (unpaired) electrons. The molecule has 0 N–H and O–H groups in total. The topological polar surface area (TPSA) is 70.2 Å². The Morgan fingerprint density at radius 1 is 0.969 bits per heavy atom. The molecular formula is C25H23N3O4. The summed E-state index contributed by atoms with van der Waals surface area (Å²) in [4.78, 5) is 44.9. The zero-order chi connectivity index (χ0) is 22.7. The number of likely N-dealkylation sites (N-methyl/N-ethyl adjacent to an activating group) is 1. The van der Waals surface area contributed by atoms with E-state index >= 15 is 0 Å². The summed E-state index contributed by atoms with van der Waals surface area (Å²) in [6, 6.07) is 16.9. The average molecular weight is 429 g/mol. The SMILES string of the molecule is CO[C@@]1(C)N(C/C=C/c2ccccc2)C(=O)C2=C[C@@]3(C(=O)N(C)c4ccccc43)C(=O)N21. The highest BCUT2D eigenvalue weighted by Gasteiger charge is 2.67. The molecule has 3 heterocycles. The Labute approximate surface area is 186 Å². The molecule has 2 atom stereocenters. The maximum absolute atomic E-state index is 13.8. The molecule has 162 valence electrons. The fourth-order valence-electron chi connectivity index (χ4n) is 4.88. The predicted molar refractivity (Wildman–Crippen MR) is 119 cm³/mol. The van der Waals surface area contributed by atoms with Crippen molar-refractivity contribution in [1.82, 2.24) is 9.80 Å². The standard InChI is InChI=1S/C25H23N3O4/c1-24(32-3)27(15-9-12-17-10-5-4-6-11-17)21(29)20-16-25(23(31)28(20)24)18-13-7-8-14-19(18)26(2)22(25)30/h4-14,16H,15H2,1-3H3/b12-9+/t24-,25+/m0/s1. The number of ether oxygens (including phenoxy) is 1. The summed E-state index contributed by atoms with van der Waals surface area (Å²) in [5, 5.41) is 0. The van der Waals surface area contributed by atoms with Crippen LogP contribution >= 0.6 is 0 Å². The lowest BCUT2D eigenvalue weighted by molar-refractivity contribution is -0.189. The molecule has 7 nitrogen and oxygen atoms in total. The van der Waals surface area contributed by atoms with E-state index in [4.69, 9.17) is 4.74 Å². The first-order valence-corrected chi connectivity index (χ1v) is 10.4. The number of hydrogen-bond donors (Lipinski definition) is 0. The second-order valence-corrected chi connectivity index (χ2v) is 8.23. The van der Waals surface area contributed by atoms with Crippen molar-refractivity contribution in [2.45, 2.75) is 18.2 Å². The van der Waals surface area contributed by atoms with Gasteiger partial charge in [-0.1, -0.05) is 60.7 Å². The van der Waals surface area contributed by atoms with Crippen molar-refractivity contribution in [3.05, 3.63) is 83.6 Å². The van der Waals surface area contributed by atoms with Gasteiger partial charge in [-0.2, -0.15) is 0 Å². The van der Waals surface area contributed by atoms with E-state index in [1.165, 1.54) is 27.9 Å². The zero-order valence-electron chi connectivity index (χ0n) is 18.1. The number of amides is 3. The monoisotopic (exact) mass is 429 g/mol. The third kappa shape index (κ3) is 2.42. The second kappa shape index (κ2) is 6.90. The molecule has 1 saturated heterocycles. The van der Waals surface area contributed by atoms with E-state index in [-0.39, 0.29) is 24.1 Å². The molecule has 0 unspecified atom stereocenters. The number of anilines is 1. The van der Waals surface area contributed by atoms with Crippen LogP contribution in [0.1, 0.15) is 18.1 Å². The van der Waals surface area contributed by atoms with Crippen molar-refractivity contribution >= 4 is 29.5 Å². The molecule has 3 amide bonds. The molecule has 0 aromatic heterocycles. The van der Waals surface area contributed by atoms with Crippen molar-refractivity contribution in [2.24, 2.45) is 0 Å². The van der Waals surface area contributed by atoms with Crippen LogP contribution < -0.4 is 4.90 Å². The van der Waals surface area contributed by atoms with Crippen LogP contribution in [0.4, 0.5) is 5.69 Å². The van der Waals surface area contributed by atoms with Crippen LogP contribution in [0.15, 0.2) is 72.4 Å². The first kappa shape index (κ1) is 20.2. The third-order valence-corrected chi connectivity index (χ3v) is 6.63. The van der Waals surface area contributed by atoms with Crippen LogP contribution in [-0.4, -0.2) is 54.1 Å². The van der Waals surface area contributed by atoms with Gasteiger partial charge in [0.25, 0.3) is 17.7 Å². The Balaban J connectivity index is 1.55. The molecule has 7 heteroatoms. The molecule has 3 aliphatic rings. The van der Waals surface area contributed by atoms with Gasteiger partial charge in [0.15, 0.2) is 5.41 Å². The van der Waals surface area contributed by atoms with E-state index in [9.17, 15) is 14.4 Å². The average Bonchev–Trinajstić information content (AvgIpc) is 3.33. The maximum Gasteiger partial charge on any atom is 0.274 e. The highest BCUT2D eigenvalue weighted by atomic mass is 16.5. The van der Waals surface area contributed by atoms with Gasteiger partial charge in [-0.3, -0.25) is 24.2 Å². The van der Waals surface area contributed by atoms with Gasteiger partial charge in [-0.05, 0) is 17.7 Å². The molecule has 2 aromatic carbocycles. The van der Waals surface area contributed by atoms with Crippen LogP contribution in [0.2, 0.25) is 0 Å². The summed E-state index contributed by atoms with van der Waals surface area (Å²) >= 11 is 0. The van der Waals surface area contributed by atoms with Crippen molar-refractivity contribution in [3.63, 3.8) is 0 Å². The molecule has 3 aliphatic heterocycles. The fraction of sp³-hybridized carbons (Fsp3) is 0.240. The van der Waals surface area contributed by atoms with Gasteiger partial charge >= 0.3 is 0 Å². The van der Waals surface area contributed by atoms with Gasteiger partial charge in [0, 0.05) is 38.9 Å². The molecule has 1 fully saturated rings. The first-order chi connectivity index (χ1) is 15.4. The number of nitrogens with zero attached hydrogens (tertiary/aromatic N) is 3. The van der Waals surface area contributed by atoms with E-state index in [2.05, 4.69) is 0 Å². The molecule has 32 heavy (non-hydrogen) atoms. The minimum Gasteiger partial charge on any atom is -0.341 e. The number of para-hydroxylation sites is 1. The van der Waals surface area contributed by atoms with Crippen LogP contribution in [0, 0.1) is 0 Å². The molecule has 2 aromatic rings. The number of rotatable bonds is 4. The largest absolute Gasteiger partial charge is 0.341 e. The number of fused-ring (bicyclic) bond motifs is 3. The number of methoxy groups -OCH3 is 1. The summed E-state index contributed by atoms with van der Waals surface area (Å²) in [5.41, 5.74) is 0.886. The van der Waals surface area contributed by atoms with E-state index in [1.807, 2.05) is 48.6 Å². The van der Waals surface area contributed by atoms with Crippen LogP contribution in [0.3, 0.4) is 0 Å². The van der Waals surface area contributed by atoms with Crippen molar-refractivity contribution in [2.75, 3.05) is 25.6 Å². The fourth-order valence-corrected chi connectivity index (χ4v) is 4.88. The van der Waals surface area contributed by atoms with Crippen LogP contribution in [-0.2, 0) is 24.5 Å². The highest BCUT2D eigenvalue weighted by Crippen LogP contribution is 2.52. The lowest BCUT2D eigenvalue weighted by Gasteiger charge is -2.38. The van der Waals surface area contributed by atoms with Crippen LogP contribution in [0.5, 0.6) is 0 Å². The smallest absolute Gasteiger partial charge is 0.274 e. The van der Waals surface area contributed by atoms with Crippen LogP contribution in [0.25, 0.3) is 6.08 Å². The van der Waals surface area contributed by atoms with Crippen molar-refractivity contribution in [3.8, 4) is 0 Å². The molecule has 0 saturated carbocycles. The number of carbonyl (C=O) groups is 3. The van der Waals surface area contributed by atoms with Gasteiger partial charge in [0.2, 0.25) is 5.85 Å². The molecular weight excluding hydrogens is 406 g/mol. The lowest BCUT2D eigenvalue weighted by Crippen LogP contribution is -2.58. The molecule has 0 aliphatic carbocycles. The van der Waals surface area contributed by atoms with E-state index in [0.717, 1.165) is 5.56 Å². The number of benzene rings is 2. The summed E-state index contributed by atoms with van der Waals surface area (Å²) in [6.07, 6.45) is 5.29. The molecule has 1 spiro atoms.